The average molecular weight is 487 g/mol. The summed E-state index contributed by atoms with van der Waals surface area (Å²) in [6, 6.07) is 18.0. The molecular formula is C28H19ClO6. The van der Waals surface area contributed by atoms with E-state index in [1.165, 1.54) is 6.07 Å². The van der Waals surface area contributed by atoms with E-state index >= 15 is 0 Å². The van der Waals surface area contributed by atoms with Gasteiger partial charge in [-0.15, -0.1) is 0 Å². The number of phenols is 2. The highest BCUT2D eigenvalue weighted by Gasteiger charge is 2.52. The quantitative estimate of drug-likeness (QED) is 0.330. The zero-order valence-electron chi connectivity index (χ0n) is 18.3. The maximum atomic E-state index is 13.4. The van der Waals surface area contributed by atoms with Gasteiger partial charge in [-0.25, -0.2) is 0 Å². The summed E-state index contributed by atoms with van der Waals surface area (Å²) in [6.07, 6.45) is -0.0353. The zero-order chi connectivity index (χ0) is 24.5. The highest BCUT2D eigenvalue weighted by Crippen LogP contribution is 2.62. The van der Waals surface area contributed by atoms with Gasteiger partial charge in [0.25, 0.3) is 0 Å². The van der Waals surface area contributed by atoms with Crippen molar-refractivity contribution in [3.63, 3.8) is 0 Å². The zero-order valence-corrected chi connectivity index (χ0v) is 19.1. The number of carboxylic acids is 1. The largest absolute Gasteiger partial charge is 0.507 e. The van der Waals surface area contributed by atoms with E-state index in [0.29, 0.717) is 27.8 Å². The molecule has 2 aliphatic rings. The minimum Gasteiger partial charge on any atom is -0.507 e. The summed E-state index contributed by atoms with van der Waals surface area (Å²) >= 11 is 6.61. The molecule has 0 saturated carbocycles. The highest BCUT2D eigenvalue weighted by atomic mass is 35.5. The fraction of sp³-hybridized carbons (Fsp3) is 0.143. The van der Waals surface area contributed by atoms with Gasteiger partial charge in [0.05, 0.1) is 5.41 Å². The van der Waals surface area contributed by atoms with Crippen LogP contribution in [0.2, 0.25) is 5.02 Å². The lowest BCUT2D eigenvalue weighted by atomic mass is 9.66. The Labute approximate surface area is 205 Å². The van der Waals surface area contributed by atoms with Crippen molar-refractivity contribution in [2.24, 2.45) is 0 Å². The van der Waals surface area contributed by atoms with Crippen LogP contribution in [0.25, 0.3) is 10.8 Å². The van der Waals surface area contributed by atoms with Crippen LogP contribution in [0.3, 0.4) is 0 Å². The molecule has 35 heavy (non-hydrogen) atoms. The van der Waals surface area contributed by atoms with Gasteiger partial charge in [0.15, 0.2) is 11.5 Å². The van der Waals surface area contributed by atoms with Crippen molar-refractivity contribution in [2.75, 3.05) is 0 Å². The van der Waals surface area contributed by atoms with Crippen LogP contribution >= 0.6 is 11.6 Å². The van der Waals surface area contributed by atoms with Crippen LogP contribution < -0.4 is 4.74 Å². The molecule has 174 valence electrons. The van der Waals surface area contributed by atoms with Crippen LogP contribution in [0, 0.1) is 0 Å². The molecule has 6 nitrogen and oxygen atoms in total. The van der Waals surface area contributed by atoms with Crippen LogP contribution in [0.1, 0.15) is 45.5 Å². The van der Waals surface area contributed by atoms with Crippen LogP contribution in [-0.4, -0.2) is 27.1 Å². The Balaban J connectivity index is 1.76. The van der Waals surface area contributed by atoms with Crippen molar-refractivity contribution in [3.05, 3.63) is 93.5 Å². The van der Waals surface area contributed by atoms with Crippen molar-refractivity contribution in [1.82, 2.24) is 0 Å². The fourth-order valence-electron chi connectivity index (χ4n) is 5.61. The van der Waals surface area contributed by atoms with Gasteiger partial charge in [-0.2, -0.15) is 0 Å². The fourth-order valence-corrected chi connectivity index (χ4v) is 5.88. The summed E-state index contributed by atoms with van der Waals surface area (Å²) in [5, 5.41) is 32.1. The predicted molar refractivity (Wildman–Crippen MR) is 130 cm³/mol. The second-order valence-electron chi connectivity index (χ2n) is 8.94. The number of carboxylic acid groups (broad SMARTS) is 1. The van der Waals surface area contributed by atoms with E-state index in [2.05, 4.69) is 0 Å². The van der Waals surface area contributed by atoms with Gasteiger partial charge in [-0.05, 0) is 29.0 Å². The van der Waals surface area contributed by atoms with Crippen molar-refractivity contribution < 1.29 is 29.6 Å². The average Bonchev–Trinajstić information content (AvgIpc) is 3.14. The molecule has 0 bridgehead atoms. The summed E-state index contributed by atoms with van der Waals surface area (Å²) in [7, 11) is 0. The number of aromatic hydroxyl groups is 2. The van der Waals surface area contributed by atoms with Crippen molar-refractivity contribution in [2.45, 2.75) is 24.7 Å². The van der Waals surface area contributed by atoms with Crippen molar-refractivity contribution in [1.29, 1.82) is 0 Å². The molecule has 4 aromatic rings. The number of carbonyl (C=O) groups excluding carboxylic acids is 1. The Bertz CT molecular complexity index is 1590. The Morgan fingerprint density at radius 2 is 1.71 bits per heavy atom. The van der Waals surface area contributed by atoms with E-state index < -0.39 is 11.4 Å². The Hall–Kier alpha value is -4.03. The second-order valence-corrected chi connectivity index (χ2v) is 9.31. The number of hydrogen-bond donors (Lipinski definition) is 3. The summed E-state index contributed by atoms with van der Waals surface area (Å²) in [6.45, 7) is 0. The Kier molecular flexibility index (Phi) is 4.60. The minimum atomic E-state index is -1.00. The monoisotopic (exact) mass is 486 g/mol. The summed E-state index contributed by atoms with van der Waals surface area (Å²) < 4.78 is 6.22. The number of aliphatic carboxylic acids is 1. The summed E-state index contributed by atoms with van der Waals surface area (Å²) in [5.74, 6) is -0.750. The molecule has 3 N–H and O–H groups in total. The molecule has 0 fully saturated rings. The molecule has 0 radical (unpaired) electrons. The molecule has 1 unspecified atom stereocenters. The topological polar surface area (TPSA) is 104 Å². The molecule has 0 saturated heterocycles. The van der Waals surface area contributed by atoms with E-state index in [0.717, 1.165) is 16.5 Å². The number of phenolic OH excluding ortho intramolecular Hbond substituents is 2. The highest BCUT2D eigenvalue weighted by molar-refractivity contribution is 6.34. The normalized spacial score (nSPS) is 17.7. The lowest BCUT2D eigenvalue weighted by molar-refractivity contribution is -0.136. The number of Topliss-reactive ketones (excluding diaryl/α,β-unsaturated/α-hetero) is 1. The first kappa shape index (κ1) is 21.5. The number of benzene rings is 4. The number of ketones is 1. The first-order valence-corrected chi connectivity index (χ1v) is 11.5. The first-order chi connectivity index (χ1) is 16.8. The van der Waals surface area contributed by atoms with Gasteiger partial charge in [0.1, 0.15) is 22.3 Å². The maximum Gasteiger partial charge on any atom is 0.303 e. The molecule has 0 aromatic heterocycles. The minimum absolute atomic E-state index is 0.0222. The second kappa shape index (κ2) is 7.48. The standard InChI is InChI=1S/C28H19ClO6/c29-25-26(34)14(9-10-23(32)33)11-19-27(25)35-22-12-20(30)15-5-1-2-6-16(15)24(22)28(19)13-21(31)17-7-3-4-8-18(17)28/h1-8,11-12,30,34H,9-10,13H2,(H,32,33). The van der Waals surface area contributed by atoms with Crippen molar-refractivity contribution >= 4 is 34.1 Å². The molecule has 7 heteroatoms. The SMILES string of the molecule is O=C(O)CCc1cc2c(c(Cl)c1O)Oc1cc(O)c3ccccc3c1C21CC(=O)c2ccccc21. The maximum absolute atomic E-state index is 13.4. The van der Waals surface area contributed by atoms with Crippen LogP contribution in [0.5, 0.6) is 23.0 Å². The summed E-state index contributed by atoms with van der Waals surface area (Å²) in [4.78, 5) is 24.6. The molecule has 1 aliphatic carbocycles. The van der Waals surface area contributed by atoms with E-state index in [4.69, 9.17) is 16.3 Å². The van der Waals surface area contributed by atoms with Crippen LogP contribution in [0.15, 0.2) is 60.7 Å². The van der Waals surface area contributed by atoms with E-state index in [1.807, 2.05) is 36.4 Å². The molecule has 1 heterocycles. The lowest BCUT2D eigenvalue weighted by Crippen LogP contribution is -2.31. The van der Waals surface area contributed by atoms with E-state index in [-0.39, 0.29) is 47.3 Å². The number of fused-ring (bicyclic) bond motifs is 8. The number of hydrogen-bond acceptors (Lipinski definition) is 5. The first-order valence-electron chi connectivity index (χ1n) is 11.1. The molecule has 4 aromatic carbocycles. The van der Waals surface area contributed by atoms with Crippen molar-refractivity contribution in [3.8, 4) is 23.0 Å². The summed E-state index contributed by atoms with van der Waals surface area (Å²) in [5.41, 5.74) is 2.03. The number of aryl methyl sites for hydroxylation is 1. The molecule has 0 amide bonds. The van der Waals surface area contributed by atoms with E-state index in [1.54, 1.807) is 18.2 Å². The number of ether oxygens (including phenoxy) is 1. The predicted octanol–water partition coefficient (Wildman–Crippen LogP) is 5.95. The Morgan fingerprint density at radius 3 is 2.49 bits per heavy atom. The number of rotatable bonds is 3. The third-order valence-electron chi connectivity index (χ3n) is 7.08. The van der Waals surface area contributed by atoms with E-state index in [9.17, 15) is 24.9 Å². The van der Waals surface area contributed by atoms with Crippen LogP contribution in [-0.2, 0) is 16.6 Å². The van der Waals surface area contributed by atoms with Gasteiger partial charge < -0.3 is 20.1 Å². The van der Waals surface area contributed by atoms with Gasteiger partial charge in [-0.3, -0.25) is 9.59 Å². The molecule has 6 rings (SSSR count). The van der Waals surface area contributed by atoms with Gasteiger partial charge >= 0.3 is 5.97 Å². The molecular weight excluding hydrogens is 468 g/mol. The lowest BCUT2D eigenvalue weighted by Gasteiger charge is -2.39. The third-order valence-corrected chi connectivity index (χ3v) is 7.43. The van der Waals surface area contributed by atoms with Crippen LogP contribution in [0.4, 0.5) is 0 Å². The van der Waals surface area contributed by atoms with Gasteiger partial charge in [0.2, 0.25) is 0 Å². The number of halogens is 1. The van der Waals surface area contributed by atoms with Gasteiger partial charge in [0, 0.05) is 41.0 Å². The van der Waals surface area contributed by atoms with Gasteiger partial charge in [-0.1, -0.05) is 60.1 Å². The smallest absolute Gasteiger partial charge is 0.303 e. The molecule has 1 aliphatic heterocycles. The Morgan fingerprint density at radius 1 is 1.00 bits per heavy atom. The third kappa shape index (κ3) is 2.90. The number of carbonyl (C=O) groups is 2. The molecule has 1 spiro atoms. The molecule has 1 atom stereocenters.